The number of carbonyl (C=O) groups is 1. The van der Waals surface area contributed by atoms with Gasteiger partial charge in [-0.1, -0.05) is 0 Å². The molecule has 1 rings (SSSR count). The van der Waals surface area contributed by atoms with Crippen molar-refractivity contribution in [2.45, 2.75) is 25.3 Å². The number of ketones is 1. The topological polar surface area (TPSA) is 91.2 Å². The molecule has 5 heteroatoms. The molecular formula is C12H19N3O2. The first-order valence-electron chi connectivity index (χ1n) is 5.60. The van der Waals surface area contributed by atoms with Gasteiger partial charge >= 0.3 is 0 Å². The molecule has 4 N–H and O–H groups in total. The average Bonchev–Trinajstić information content (AvgIpc) is 2.32. The van der Waals surface area contributed by atoms with Crippen LogP contribution in [0.3, 0.4) is 0 Å². The molecule has 94 valence electrons. The molecule has 1 unspecified atom stereocenters. The highest BCUT2D eigenvalue weighted by Crippen LogP contribution is 2.11. The first-order chi connectivity index (χ1) is 8.15. The summed E-state index contributed by atoms with van der Waals surface area (Å²) in [6.07, 6.45) is 4.86. The van der Waals surface area contributed by atoms with Gasteiger partial charge in [-0.3, -0.25) is 9.78 Å². The number of rotatable bonds is 7. The Bertz CT molecular complexity index is 369. The quantitative estimate of drug-likeness (QED) is 0.675. The number of methoxy groups -OCH3 is 1. The Morgan fingerprint density at radius 1 is 1.59 bits per heavy atom. The average molecular weight is 237 g/mol. The van der Waals surface area contributed by atoms with Crippen LogP contribution in [0.15, 0.2) is 18.5 Å². The largest absolute Gasteiger partial charge is 0.398 e. The summed E-state index contributed by atoms with van der Waals surface area (Å²) in [6.45, 7) is 0.621. The van der Waals surface area contributed by atoms with Crippen LogP contribution < -0.4 is 11.5 Å². The number of nitrogen functional groups attached to an aromatic ring is 1. The maximum atomic E-state index is 11.8. The molecule has 0 radical (unpaired) electrons. The van der Waals surface area contributed by atoms with Crippen LogP contribution in [0.25, 0.3) is 0 Å². The van der Waals surface area contributed by atoms with Crippen molar-refractivity contribution in [2.24, 2.45) is 5.73 Å². The van der Waals surface area contributed by atoms with E-state index in [1.54, 1.807) is 25.6 Å². The Morgan fingerprint density at radius 2 is 2.35 bits per heavy atom. The molecule has 0 aliphatic heterocycles. The van der Waals surface area contributed by atoms with Gasteiger partial charge in [0, 0.05) is 43.8 Å². The smallest absolute Gasteiger partial charge is 0.154 e. The molecule has 0 fully saturated rings. The molecule has 0 aromatic carbocycles. The molecule has 0 bridgehead atoms. The molecule has 1 aromatic heterocycles. The number of Topliss-reactive ketones (excluding diaryl/α,β-unsaturated/α-hetero) is 1. The van der Waals surface area contributed by atoms with Gasteiger partial charge in [0.1, 0.15) is 0 Å². The van der Waals surface area contributed by atoms with Crippen LogP contribution in [0.1, 0.15) is 18.4 Å². The molecule has 0 saturated carbocycles. The van der Waals surface area contributed by atoms with E-state index in [0.717, 1.165) is 12.0 Å². The van der Waals surface area contributed by atoms with Crippen molar-refractivity contribution in [1.29, 1.82) is 0 Å². The predicted octanol–water partition coefficient (Wildman–Crippen LogP) is 0.529. The molecule has 17 heavy (non-hydrogen) atoms. The molecule has 5 nitrogen and oxygen atoms in total. The molecule has 0 spiro atoms. The minimum absolute atomic E-state index is 0.0131. The van der Waals surface area contributed by atoms with E-state index in [2.05, 4.69) is 4.98 Å². The SMILES string of the molecule is COCCCC(N)C(=O)Cc1cnccc1N. The van der Waals surface area contributed by atoms with Crippen LogP contribution in [0, 0.1) is 0 Å². The van der Waals surface area contributed by atoms with Gasteiger partial charge in [-0.25, -0.2) is 0 Å². The van der Waals surface area contributed by atoms with Crippen LogP contribution in [0.2, 0.25) is 0 Å². The maximum absolute atomic E-state index is 11.8. The van der Waals surface area contributed by atoms with Crippen molar-refractivity contribution in [2.75, 3.05) is 19.5 Å². The first kappa shape index (κ1) is 13.6. The van der Waals surface area contributed by atoms with Crippen molar-refractivity contribution in [3.63, 3.8) is 0 Å². The van der Waals surface area contributed by atoms with Crippen LogP contribution in [0.4, 0.5) is 5.69 Å². The van der Waals surface area contributed by atoms with Gasteiger partial charge in [-0.15, -0.1) is 0 Å². The summed E-state index contributed by atoms with van der Waals surface area (Å²) < 4.78 is 4.91. The van der Waals surface area contributed by atoms with Crippen LogP contribution in [-0.4, -0.2) is 30.5 Å². The fourth-order valence-corrected chi connectivity index (χ4v) is 1.51. The highest BCUT2D eigenvalue weighted by Gasteiger charge is 2.14. The van der Waals surface area contributed by atoms with Crippen molar-refractivity contribution >= 4 is 11.5 Å². The van der Waals surface area contributed by atoms with Crippen molar-refractivity contribution in [1.82, 2.24) is 4.98 Å². The fourth-order valence-electron chi connectivity index (χ4n) is 1.51. The van der Waals surface area contributed by atoms with Crippen LogP contribution in [0.5, 0.6) is 0 Å². The summed E-state index contributed by atoms with van der Waals surface area (Å²) in [5.41, 5.74) is 12.8. The van der Waals surface area contributed by atoms with Crippen molar-refractivity contribution in [3.8, 4) is 0 Å². The normalized spacial score (nSPS) is 12.4. The van der Waals surface area contributed by atoms with E-state index in [4.69, 9.17) is 16.2 Å². The third kappa shape index (κ3) is 4.50. The number of nitrogens with zero attached hydrogens (tertiary/aromatic N) is 1. The molecule has 1 atom stereocenters. The standard InChI is InChI=1S/C12H19N3O2/c1-17-6-2-3-11(14)12(16)7-9-8-15-5-4-10(9)13/h4-5,8,11H,2-3,6-7,14H2,1H3,(H2,13,15). The van der Waals surface area contributed by atoms with Gasteiger partial charge in [0.25, 0.3) is 0 Å². The molecule has 0 saturated heterocycles. The van der Waals surface area contributed by atoms with Gasteiger partial charge in [-0.2, -0.15) is 0 Å². The second-order valence-electron chi connectivity index (χ2n) is 3.96. The molecule has 1 heterocycles. The van der Waals surface area contributed by atoms with E-state index in [9.17, 15) is 4.79 Å². The number of ether oxygens (including phenoxy) is 1. The summed E-state index contributed by atoms with van der Waals surface area (Å²) in [5.74, 6) is -0.0131. The van der Waals surface area contributed by atoms with Crippen molar-refractivity contribution in [3.05, 3.63) is 24.0 Å². The highest BCUT2D eigenvalue weighted by atomic mass is 16.5. The van der Waals surface area contributed by atoms with E-state index in [1.807, 2.05) is 0 Å². The summed E-state index contributed by atoms with van der Waals surface area (Å²) in [6, 6.07) is 1.23. The molecule has 1 aromatic rings. The van der Waals surface area contributed by atoms with Crippen LogP contribution in [-0.2, 0) is 16.0 Å². The monoisotopic (exact) mass is 237 g/mol. The lowest BCUT2D eigenvalue weighted by molar-refractivity contribution is -0.119. The number of hydrogen-bond acceptors (Lipinski definition) is 5. The van der Waals surface area contributed by atoms with Gasteiger partial charge in [-0.05, 0) is 18.9 Å². The Labute approximate surface area is 101 Å². The summed E-state index contributed by atoms with van der Waals surface area (Å²) in [7, 11) is 1.63. The lowest BCUT2D eigenvalue weighted by Gasteiger charge is -2.11. The van der Waals surface area contributed by atoms with Crippen molar-refractivity contribution < 1.29 is 9.53 Å². The number of pyridine rings is 1. The summed E-state index contributed by atoms with van der Waals surface area (Å²) >= 11 is 0. The minimum atomic E-state index is -0.454. The zero-order chi connectivity index (χ0) is 12.7. The van der Waals surface area contributed by atoms with E-state index in [1.165, 1.54) is 0 Å². The summed E-state index contributed by atoms with van der Waals surface area (Å²) in [5, 5.41) is 0. The highest BCUT2D eigenvalue weighted by molar-refractivity contribution is 5.86. The maximum Gasteiger partial charge on any atom is 0.154 e. The minimum Gasteiger partial charge on any atom is -0.398 e. The number of aromatic nitrogens is 1. The van der Waals surface area contributed by atoms with Gasteiger partial charge in [0.05, 0.1) is 6.04 Å². The zero-order valence-electron chi connectivity index (χ0n) is 10.1. The molecule has 0 aliphatic carbocycles. The molecular weight excluding hydrogens is 218 g/mol. The second kappa shape index (κ2) is 6.98. The third-order valence-corrected chi connectivity index (χ3v) is 2.58. The first-order valence-corrected chi connectivity index (χ1v) is 5.60. The number of anilines is 1. The molecule has 0 aliphatic rings. The zero-order valence-corrected chi connectivity index (χ0v) is 10.1. The number of hydrogen-bond donors (Lipinski definition) is 2. The predicted molar refractivity (Wildman–Crippen MR) is 66.4 cm³/mol. The van der Waals surface area contributed by atoms with Gasteiger partial charge in [0.15, 0.2) is 5.78 Å². The Hall–Kier alpha value is -1.46. The second-order valence-corrected chi connectivity index (χ2v) is 3.96. The van der Waals surface area contributed by atoms with E-state index < -0.39 is 6.04 Å². The number of carbonyl (C=O) groups excluding carboxylic acids is 1. The van der Waals surface area contributed by atoms with Crippen LogP contribution >= 0.6 is 0 Å². The third-order valence-electron chi connectivity index (χ3n) is 2.58. The number of nitrogens with two attached hydrogens (primary N) is 2. The van der Waals surface area contributed by atoms with E-state index in [0.29, 0.717) is 18.7 Å². The van der Waals surface area contributed by atoms with E-state index in [-0.39, 0.29) is 12.2 Å². The van der Waals surface area contributed by atoms with Gasteiger partial charge in [0.2, 0.25) is 0 Å². The molecule has 0 amide bonds. The Kier molecular flexibility index (Phi) is 5.59. The Morgan fingerprint density at radius 3 is 3.00 bits per heavy atom. The lowest BCUT2D eigenvalue weighted by atomic mass is 10.0. The van der Waals surface area contributed by atoms with Gasteiger partial charge < -0.3 is 16.2 Å². The Balaban J connectivity index is 2.46. The summed E-state index contributed by atoms with van der Waals surface area (Å²) in [4.78, 5) is 15.7. The lowest BCUT2D eigenvalue weighted by Crippen LogP contribution is -2.32. The van der Waals surface area contributed by atoms with E-state index >= 15 is 0 Å². The fraction of sp³-hybridized carbons (Fsp3) is 0.500.